The van der Waals surface area contributed by atoms with Gasteiger partial charge in [-0.1, -0.05) is 0 Å². The van der Waals surface area contributed by atoms with Gasteiger partial charge in [-0.2, -0.15) is 0 Å². The zero-order valence-corrected chi connectivity index (χ0v) is 33.5. The van der Waals surface area contributed by atoms with Gasteiger partial charge in [0.15, 0.2) is 0 Å². The number of hydrogen-bond acceptors (Lipinski definition) is 18. The van der Waals surface area contributed by atoms with E-state index in [4.69, 9.17) is 10.2 Å². The monoisotopic (exact) mass is 1170 g/mol. The van der Waals surface area contributed by atoms with E-state index in [1.165, 1.54) is 0 Å². The molecular weight excluding hydrogens is 1140 g/mol. The van der Waals surface area contributed by atoms with Crippen LogP contribution in [0.5, 0.6) is 0 Å². The van der Waals surface area contributed by atoms with Gasteiger partial charge in [-0.05, 0) is 12.8 Å². The fourth-order valence-corrected chi connectivity index (χ4v) is 3.10. The van der Waals surface area contributed by atoms with Gasteiger partial charge in [-0.15, -0.1) is 0 Å². The van der Waals surface area contributed by atoms with E-state index in [0.717, 1.165) is 9.80 Å². The van der Waals surface area contributed by atoms with Crippen molar-refractivity contribution in [3.63, 3.8) is 0 Å². The quantitative estimate of drug-likeness (QED) is 0.0732. The van der Waals surface area contributed by atoms with Gasteiger partial charge < -0.3 is 80.3 Å². The summed E-state index contributed by atoms with van der Waals surface area (Å²) in [6.07, 6.45) is 0.140. The Bertz CT molecular complexity index is 687. The topological polar surface area (TPSA) is 312 Å². The molecule has 0 saturated carbocycles. The summed E-state index contributed by atoms with van der Waals surface area (Å²) in [7, 11) is 0. The molecule has 0 aliphatic carbocycles. The van der Waals surface area contributed by atoms with Crippen LogP contribution in [0, 0.1) is 0 Å². The van der Waals surface area contributed by atoms with E-state index in [-0.39, 0.29) is 121 Å². The maximum atomic E-state index is 10.5. The molecular formula is C20H30N4O14Pb3. The molecule has 0 aromatic heterocycles. The van der Waals surface area contributed by atoms with E-state index in [1.807, 2.05) is 0 Å². The molecule has 0 heterocycles. The number of carbonyl (C=O) groups is 6. The molecule has 0 bridgehead atoms. The summed E-state index contributed by atoms with van der Waals surface area (Å²) < 4.78 is 0. The van der Waals surface area contributed by atoms with Crippen LogP contribution in [0.25, 0.3) is 0 Å². The predicted molar refractivity (Wildman–Crippen MR) is 127 cm³/mol. The minimum absolute atomic E-state index is 0. The number of nitrogens with zero attached hydrogens (tertiary/aromatic N) is 2. The molecule has 4 N–H and O–H groups in total. The molecule has 41 heavy (non-hydrogen) atoms. The van der Waals surface area contributed by atoms with Crippen molar-refractivity contribution in [3.8, 4) is 0 Å². The fraction of sp³-hybridized carbons (Fsp3) is 0.700. The average Bonchev–Trinajstić information content (AvgIpc) is 2.76. The van der Waals surface area contributed by atoms with Gasteiger partial charge in [-0.25, -0.2) is 0 Å². The smallest absolute Gasteiger partial charge is 0.549 e. The molecule has 2 atom stereocenters. The fourth-order valence-electron chi connectivity index (χ4n) is 3.10. The van der Waals surface area contributed by atoms with Crippen LogP contribution in [-0.4, -0.2) is 215 Å². The van der Waals surface area contributed by atoms with Crippen molar-refractivity contribution in [2.45, 2.75) is 24.9 Å². The van der Waals surface area contributed by atoms with Gasteiger partial charge in [-0.3, -0.25) is 9.80 Å². The van der Waals surface area contributed by atoms with Crippen LogP contribution in [0.2, 0.25) is 0 Å². The van der Waals surface area contributed by atoms with Gasteiger partial charge in [0.05, 0.1) is 35.8 Å². The number of aliphatic carboxylic acids is 6. The van der Waals surface area contributed by atoms with E-state index in [2.05, 4.69) is 10.6 Å². The molecule has 18 nitrogen and oxygen atoms in total. The van der Waals surface area contributed by atoms with Crippen LogP contribution in [0.4, 0.5) is 0 Å². The molecule has 2 unspecified atom stereocenters. The van der Waals surface area contributed by atoms with E-state index >= 15 is 0 Å². The van der Waals surface area contributed by atoms with Crippen molar-refractivity contribution < 1.29 is 69.6 Å². The first kappa shape index (κ1) is 50.0. The molecule has 0 spiro atoms. The maximum absolute atomic E-state index is 10.5. The summed E-state index contributed by atoms with van der Waals surface area (Å²) in [5.74, 6) is -8.63. The van der Waals surface area contributed by atoms with E-state index in [1.54, 1.807) is 0 Å². The van der Waals surface area contributed by atoms with Crippen LogP contribution in [-0.2, 0) is 28.8 Å². The Hall–Kier alpha value is -0.654. The number of hydrogen-bond donors (Lipinski definition) is 4. The van der Waals surface area contributed by atoms with Crippen molar-refractivity contribution in [1.82, 2.24) is 20.4 Å². The van der Waals surface area contributed by atoms with Crippen LogP contribution >= 0.6 is 0 Å². The number of nitrogens with one attached hydrogen (secondary N) is 2. The van der Waals surface area contributed by atoms with Gasteiger partial charge in [0.2, 0.25) is 0 Å². The molecule has 0 aliphatic rings. The summed E-state index contributed by atoms with van der Waals surface area (Å²) in [6.45, 7) is -4.24. The van der Waals surface area contributed by atoms with Crippen molar-refractivity contribution in [2.75, 3.05) is 65.6 Å². The van der Waals surface area contributed by atoms with Crippen molar-refractivity contribution >= 4 is 118 Å². The molecule has 0 rings (SSSR count). The Kier molecular flexibility index (Phi) is 37.5. The van der Waals surface area contributed by atoms with Gasteiger partial charge in [0.25, 0.3) is 0 Å². The van der Waals surface area contributed by atoms with E-state index in [0.29, 0.717) is 0 Å². The molecule has 0 fully saturated rings. The third-order valence-corrected chi connectivity index (χ3v) is 4.58. The van der Waals surface area contributed by atoms with Crippen LogP contribution < -0.4 is 41.3 Å². The Labute approximate surface area is 295 Å². The van der Waals surface area contributed by atoms with Gasteiger partial charge >= 0.3 is 81.9 Å². The summed E-state index contributed by atoms with van der Waals surface area (Å²) in [6, 6.07) is -1.36. The Morgan fingerprint density at radius 1 is 0.512 bits per heavy atom. The maximum Gasteiger partial charge on any atom is 2.00 e. The van der Waals surface area contributed by atoms with Crippen molar-refractivity contribution in [1.29, 1.82) is 0 Å². The summed E-state index contributed by atoms with van der Waals surface area (Å²) in [5, 5.41) is 85.2. The largest absolute Gasteiger partial charge is 2.00 e. The Morgan fingerprint density at radius 3 is 0.927 bits per heavy atom. The van der Waals surface area contributed by atoms with Crippen molar-refractivity contribution in [2.24, 2.45) is 0 Å². The Morgan fingerprint density at radius 2 is 0.756 bits per heavy atom. The molecule has 0 aromatic carbocycles. The number of aliphatic hydroxyl groups is 2. The van der Waals surface area contributed by atoms with Gasteiger partial charge in [0.1, 0.15) is 0 Å². The van der Waals surface area contributed by atoms with Crippen LogP contribution in [0.3, 0.4) is 0 Å². The molecule has 0 aromatic rings. The minimum atomic E-state index is -1.48. The number of carboxylic acid groups (broad SMARTS) is 6. The van der Waals surface area contributed by atoms with Crippen LogP contribution in [0.15, 0.2) is 0 Å². The predicted octanol–water partition coefficient (Wildman–Crippen LogP) is -13.4. The zero-order valence-electron chi connectivity index (χ0n) is 21.8. The summed E-state index contributed by atoms with van der Waals surface area (Å²) >= 11 is 0. The second-order valence-electron chi connectivity index (χ2n) is 7.64. The normalized spacial score (nSPS) is 11.4. The first-order valence-electron chi connectivity index (χ1n) is 11.0. The number of carbonyl (C=O) groups excluding carboxylic acids is 6. The van der Waals surface area contributed by atoms with E-state index < -0.39 is 87.2 Å². The molecule has 0 saturated heterocycles. The first-order valence-corrected chi connectivity index (χ1v) is 11.0. The molecule has 226 valence electrons. The molecule has 21 heteroatoms. The molecule has 0 aliphatic heterocycles. The van der Waals surface area contributed by atoms with Gasteiger partial charge in [0, 0.05) is 77.7 Å². The third-order valence-electron chi connectivity index (χ3n) is 4.58. The van der Waals surface area contributed by atoms with E-state index in [9.17, 15) is 59.4 Å². The number of carboxylic acids is 6. The number of rotatable bonds is 22. The summed E-state index contributed by atoms with van der Waals surface area (Å²) in [5.41, 5.74) is 0. The second-order valence-corrected chi connectivity index (χ2v) is 7.64. The van der Waals surface area contributed by atoms with Crippen LogP contribution in [0.1, 0.15) is 12.8 Å². The zero-order chi connectivity index (χ0) is 29.7. The SMILES string of the molecule is O=C([O-])CNCC(CCO)N(CC(=O)[O-])CC(=O)[O-].O=C([O-])CNCC(CCO)N(CC(=O)[O-])CC(=O)[O-].[Pb+2].[Pb+2].[Pb+2]. The minimum Gasteiger partial charge on any atom is -0.549 e. The first-order chi connectivity index (χ1) is 17.7. The summed E-state index contributed by atoms with van der Waals surface area (Å²) in [4.78, 5) is 64.6. The molecule has 6 radical (unpaired) electrons. The number of aliphatic hydroxyl groups excluding tert-OH is 2. The second kappa shape index (κ2) is 30.8. The average molecular weight is 1170 g/mol. The third kappa shape index (κ3) is 32.1. The molecule has 0 amide bonds. The standard InChI is InChI=1S/2C10H18N2O7.3Pb/c2*13-2-1-7(3-11-4-8(14)15)12(5-9(16)17)6-10(18)19;;;/h2*7,11,13H,1-6H2,(H,14,15)(H,16,17)(H,18,19);;;/q;;3*+2/p-6. The Balaban J connectivity index is -0.000000196. The van der Waals surface area contributed by atoms with Crippen molar-refractivity contribution in [3.05, 3.63) is 0 Å².